The van der Waals surface area contributed by atoms with Gasteiger partial charge >= 0.3 is 5.97 Å². The average Bonchev–Trinajstić information content (AvgIpc) is 2.70. The van der Waals surface area contributed by atoms with Gasteiger partial charge in [0, 0.05) is 16.4 Å². The number of halogens is 1. The van der Waals surface area contributed by atoms with Crippen LogP contribution in [0.25, 0.3) is 0 Å². The van der Waals surface area contributed by atoms with Crippen LogP contribution in [-0.2, 0) is 10.0 Å². The highest BCUT2D eigenvalue weighted by Gasteiger charge is 2.22. The lowest BCUT2D eigenvalue weighted by Gasteiger charge is -2.09. The van der Waals surface area contributed by atoms with Crippen LogP contribution >= 0.6 is 15.9 Å². The molecule has 0 unspecified atom stereocenters. The molecular formula is C12H11BrN2O4S. The van der Waals surface area contributed by atoms with Gasteiger partial charge < -0.3 is 10.1 Å². The first-order valence-electron chi connectivity index (χ1n) is 5.51. The molecule has 0 saturated carbocycles. The van der Waals surface area contributed by atoms with Gasteiger partial charge in [-0.3, -0.25) is 4.72 Å². The summed E-state index contributed by atoms with van der Waals surface area (Å²) in [4.78, 5) is 13.9. The lowest BCUT2D eigenvalue weighted by Crippen LogP contribution is -2.15. The molecule has 0 aliphatic carbocycles. The largest absolute Gasteiger partial charge is 0.478 e. The quantitative estimate of drug-likeness (QED) is 0.781. The highest BCUT2D eigenvalue weighted by molar-refractivity contribution is 9.10. The van der Waals surface area contributed by atoms with Crippen LogP contribution in [0, 0.1) is 6.92 Å². The first-order chi connectivity index (χ1) is 9.33. The van der Waals surface area contributed by atoms with Crippen LogP contribution in [0.5, 0.6) is 0 Å². The number of benzene rings is 1. The van der Waals surface area contributed by atoms with Crippen LogP contribution in [-0.4, -0.2) is 24.5 Å². The first-order valence-corrected chi connectivity index (χ1v) is 7.79. The lowest BCUT2D eigenvalue weighted by atomic mass is 10.2. The Morgan fingerprint density at radius 2 is 2.00 bits per heavy atom. The van der Waals surface area contributed by atoms with E-state index in [0.717, 1.165) is 0 Å². The molecule has 0 spiro atoms. The monoisotopic (exact) mass is 358 g/mol. The normalized spacial score (nSPS) is 11.3. The second kappa shape index (κ2) is 5.29. The summed E-state index contributed by atoms with van der Waals surface area (Å²) in [5, 5.41) is 9.09. The number of carboxylic acid groups (broad SMARTS) is 1. The highest BCUT2D eigenvalue weighted by Crippen LogP contribution is 2.26. The molecule has 0 radical (unpaired) electrons. The standard InChI is InChI=1S/C12H11BrN2O4S/c1-7-11(12(16)17)9(6-14-7)15-20(18,19)10-5-3-2-4-8(10)13/h2-6,14-15H,1H3,(H,16,17). The molecule has 0 saturated heterocycles. The van der Waals surface area contributed by atoms with Gasteiger partial charge in [0.2, 0.25) is 0 Å². The van der Waals surface area contributed by atoms with Gasteiger partial charge in [-0.25, -0.2) is 13.2 Å². The Labute approximate surface area is 124 Å². The molecule has 1 aromatic carbocycles. The smallest absolute Gasteiger partial charge is 0.339 e. The minimum Gasteiger partial charge on any atom is -0.478 e. The fraction of sp³-hybridized carbons (Fsp3) is 0.0833. The van der Waals surface area contributed by atoms with Gasteiger partial charge in [0.25, 0.3) is 10.0 Å². The van der Waals surface area contributed by atoms with E-state index >= 15 is 0 Å². The number of hydrogen-bond donors (Lipinski definition) is 3. The van der Waals surface area contributed by atoms with Crippen molar-refractivity contribution in [3.05, 3.63) is 46.2 Å². The van der Waals surface area contributed by atoms with Crippen molar-refractivity contribution in [3.63, 3.8) is 0 Å². The van der Waals surface area contributed by atoms with E-state index in [2.05, 4.69) is 25.6 Å². The Morgan fingerprint density at radius 3 is 2.60 bits per heavy atom. The number of rotatable bonds is 4. The summed E-state index contributed by atoms with van der Waals surface area (Å²) < 4.78 is 27.2. The molecule has 0 aliphatic heterocycles. The number of aromatic carboxylic acids is 1. The third-order valence-electron chi connectivity index (χ3n) is 2.66. The number of hydrogen-bond acceptors (Lipinski definition) is 3. The maximum absolute atomic E-state index is 12.3. The molecule has 20 heavy (non-hydrogen) atoms. The fourth-order valence-electron chi connectivity index (χ4n) is 1.75. The van der Waals surface area contributed by atoms with Gasteiger partial charge in [-0.2, -0.15) is 0 Å². The second-order valence-corrected chi connectivity index (χ2v) is 6.55. The third-order valence-corrected chi connectivity index (χ3v) is 5.04. The summed E-state index contributed by atoms with van der Waals surface area (Å²) in [5.74, 6) is -1.20. The summed E-state index contributed by atoms with van der Waals surface area (Å²) in [5.41, 5.74) is 0.286. The maximum Gasteiger partial charge on any atom is 0.339 e. The minimum atomic E-state index is -3.87. The Bertz CT molecular complexity index is 768. The van der Waals surface area contributed by atoms with Crippen LogP contribution in [0.15, 0.2) is 39.8 Å². The number of nitrogens with one attached hydrogen (secondary N) is 2. The molecule has 3 N–H and O–H groups in total. The topological polar surface area (TPSA) is 99.3 Å². The number of aryl methyl sites for hydroxylation is 1. The molecule has 0 bridgehead atoms. The van der Waals surface area contributed by atoms with Crippen LogP contribution in [0.4, 0.5) is 5.69 Å². The summed E-state index contributed by atoms with van der Waals surface area (Å²) in [6.45, 7) is 1.56. The molecular weight excluding hydrogens is 348 g/mol. The Hall–Kier alpha value is -1.80. The number of anilines is 1. The number of carboxylic acids is 1. The highest BCUT2D eigenvalue weighted by atomic mass is 79.9. The number of carbonyl (C=O) groups is 1. The van der Waals surface area contributed by atoms with Crippen molar-refractivity contribution in [1.29, 1.82) is 0 Å². The number of aromatic nitrogens is 1. The van der Waals surface area contributed by atoms with Gasteiger partial charge in [-0.1, -0.05) is 12.1 Å². The van der Waals surface area contributed by atoms with Gasteiger partial charge in [0.05, 0.1) is 5.69 Å². The predicted molar refractivity (Wildman–Crippen MR) is 77.4 cm³/mol. The molecule has 1 aromatic heterocycles. The Kier molecular flexibility index (Phi) is 3.87. The number of H-pyrrole nitrogens is 1. The van der Waals surface area contributed by atoms with Crippen LogP contribution in [0.3, 0.4) is 0 Å². The van der Waals surface area contributed by atoms with Crippen molar-refractivity contribution >= 4 is 37.6 Å². The van der Waals surface area contributed by atoms with Gasteiger partial charge in [-0.05, 0) is 35.0 Å². The van der Waals surface area contributed by atoms with Gasteiger partial charge in [0.15, 0.2) is 0 Å². The molecule has 2 aromatic rings. The van der Waals surface area contributed by atoms with Crippen molar-refractivity contribution in [2.24, 2.45) is 0 Å². The third kappa shape index (κ3) is 2.70. The maximum atomic E-state index is 12.3. The van der Waals surface area contributed by atoms with Crippen LogP contribution in [0.1, 0.15) is 16.1 Å². The fourth-order valence-corrected chi connectivity index (χ4v) is 3.81. The summed E-state index contributed by atoms with van der Waals surface area (Å²) >= 11 is 3.15. The van der Waals surface area contributed by atoms with E-state index in [1.807, 2.05) is 0 Å². The summed E-state index contributed by atoms with van der Waals surface area (Å²) in [7, 11) is -3.87. The minimum absolute atomic E-state index is 0.00533. The molecule has 8 heteroatoms. The summed E-state index contributed by atoms with van der Waals surface area (Å²) in [6.07, 6.45) is 1.31. The predicted octanol–water partition coefficient (Wildman–Crippen LogP) is 2.58. The molecule has 0 aliphatic rings. The second-order valence-electron chi connectivity index (χ2n) is 4.04. The molecule has 2 rings (SSSR count). The van der Waals surface area contributed by atoms with Crippen molar-refractivity contribution in [2.45, 2.75) is 11.8 Å². The van der Waals surface area contributed by atoms with E-state index < -0.39 is 16.0 Å². The van der Waals surface area contributed by atoms with Gasteiger partial charge in [-0.15, -0.1) is 0 Å². The zero-order chi connectivity index (χ0) is 14.9. The van der Waals surface area contributed by atoms with E-state index in [1.54, 1.807) is 25.1 Å². The first kappa shape index (κ1) is 14.6. The number of sulfonamides is 1. The molecule has 106 valence electrons. The zero-order valence-corrected chi connectivity index (χ0v) is 12.7. The van der Waals surface area contributed by atoms with E-state index in [4.69, 9.17) is 5.11 Å². The van der Waals surface area contributed by atoms with Crippen LogP contribution < -0.4 is 4.72 Å². The Morgan fingerprint density at radius 1 is 1.35 bits per heavy atom. The van der Waals surface area contributed by atoms with Crippen molar-refractivity contribution < 1.29 is 18.3 Å². The van der Waals surface area contributed by atoms with E-state index in [9.17, 15) is 13.2 Å². The van der Waals surface area contributed by atoms with E-state index in [1.165, 1.54) is 12.3 Å². The SMILES string of the molecule is Cc1[nH]cc(NS(=O)(=O)c2ccccc2Br)c1C(=O)O. The molecule has 6 nitrogen and oxygen atoms in total. The van der Waals surface area contributed by atoms with Crippen molar-refractivity contribution in [3.8, 4) is 0 Å². The lowest BCUT2D eigenvalue weighted by molar-refractivity contribution is 0.0697. The van der Waals surface area contributed by atoms with Crippen molar-refractivity contribution in [1.82, 2.24) is 4.98 Å². The average molecular weight is 359 g/mol. The summed E-state index contributed by atoms with van der Waals surface area (Å²) in [6, 6.07) is 6.29. The molecule has 0 amide bonds. The van der Waals surface area contributed by atoms with E-state index in [-0.39, 0.29) is 16.1 Å². The molecule has 0 atom stereocenters. The Balaban J connectivity index is 2.45. The van der Waals surface area contributed by atoms with E-state index in [0.29, 0.717) is 10.2 Å². The van der Waals surface area contributed by atoms with Crippen molar-refractivity contribution in [2.75, 3.05) is 4.72 Å². The number of aromatic amines is 1. The molecule has 1 heterocycles. The zero-order valence-electron chi connectivity index (χ0n) is 10.3. The van der Waals surface area contributed by atoms with Gasteiger partial charge in [0.1, 0.15) is 10.5 Å². The molecule has 0 fully saturated rings. The van der Waals surface area contributed by atoms with Crippen LogP contribution in [0.2, 0.25) is 0 Å².